The number of benzene rings is 1. The minimum Gasteiger partial charge on any atom is -0.387 e. The van der Waals surface area contributed by atoms with Crippen LogP contribution in [0.25, 0.3) is 0 Å². The predicted octanol–water partition coefficient (Wildman–Crippen LogP) is 3.15. The summed E-state index contributed by atoms with van der Waals surface area (Å²) in [6.45, 7) is 3.94. The van der Waals surface area contributed by atoms with Gasteiger partial charge in [-0.3, -0.25) is 0 Å². The van der Waals surface area contributed by atoms with E-state index in [9.17, 15) is 5.11 Å². The van der Waals surface area contributed by atoms with Crippen LogP contribution in [0.1, 0.15) is 42.9 Å². The number of rotatable bonds is 5. The van der Waals surface area contributed by atoms with Crippen molar-refractivity contribution in [2.24, 2.45) is 5.92 Å². The predicted molar refractivity (Wildman–Crippen MR) is 75.6 cm³/mol. The van der Waals surface area contributed by atoms with E-state index < -0.39 is 0 Å². The molecule has 0 aliphatic heterocycles. The van der Waals surface area contributed by atoms with Crippen molar-refractivity contribution in [1.82, 2.24) is 4.90 Å². The third-order valence-electron chi connectivity index (χ3n) is 3.99. The molecule has 1 aromatic rings. The minimum absolute atomic E-state index is 0.364. The van der Waals surface area contributed by atoms with Crippen LogP contribution in [0.15, 0.2) is 24.3 Å². The quantitative estimate of drug-likeness (QED) is 0.864. The number of hydrogen-bond acceptors (Lipinski definition) is 2. The van der Waals surface area contributed by atoms with Gasteiger partial charge in [-0.15, -0.1) is 0 Å². The van der Waals surface area contributed by atoms with Crippen LogP contribution in [0.5, 0.6) is 0 Å². The highest BCUT2D eigenvalue weighted by Crippen LogP contribution is 2.25. The molecule has 2 heteroatoms. The summed E-state index contributed by atoms with van der Waals surface area (Å²) in [6.07, 6.45) is 5.14. The monoisotopic (exact) mass is 247 g/mol. The van der Waals surface area contributed by atoms with Gasteiger partial charge in [0.15, 0.2) is 0 Å². The SMILES string of the molecule is Cc1ccc(C(O)CN(C)CC2CCCC2)cc1. The van der Waals surface area contributed by atoms with Gasteiger partial charge in [0.1, 0.15) is 0 Å². The molecule has 18 heavy (non-hydrogen) atoms. The number of hydrogen-bond donors (Lipinski definition) is 1. The Bertz CT molecular complexity index is 354. The Hall–Kier alpha value is -0.860. The van der Waals surface area contributed by atoms with Crippen LogP contribution >= 0.6 is 0 Å². The summed E-state index contributed by atoms with van der Waals surface area (Å²) in [6, 6.07) is 8.19. The fourth-order valence-corrected chi connectivity index (χ4v) is 2.90. The van der Waals surface area contributed by atoms with E-state index in [0.717, 1.165) is 24.6 Å². The first-order chi connectivity index (χ1) is 8.65. The number of nitrogens with zero attached hydrogens (tertiary/aromatic N) is 1. The van der Waals surface area contributed by atoms with Gasteiger partial charge in [-0.1, -0.05) is 42.7 Å². The standard InChI is InChI=1S/C16H25NO/c1-13-7-9-15(10-8-13)16(18)12-17(2)11-14-5-3-4-6-14/h7-10,14,16,18H,3-6,11-12H2,1-2H3. The summed E-state index contributed by atoms with van der Waals surface area (Å²) in [4.78, 5) is 2.28. The zero-order valence-corrected chi connectivity index (χ0v) is 11.6. The van der Waals surface area contributed by atoms with E-state index in [4.69, 9.17) is 0 Å². The van der Waals surface area contributed by atoms with Crippen LogP contribution in [-0.4, -0.2) is 30.1 Å². The van der Waals surface area contributed by atoms with E-state index in [1.54, 1.807) is 0 Å². The molecule has 0 heterocycles. The molecule has 0 aromatic heterocycles. The highest BCUT2D eigenvalue weighted by atomic mass is 16.3. The zero-order valence-electron chi connectivity index (χ0n) is 11.6. The normalized spacial score (nSPS) is 18.4. The first-order valence-corrected chi connectivity index (χ1v) is 7.08. The van der Waals surface area contributed by atoms with Gasteiger partial charge < -0.3 is 10.0 Å². The van der Waals surface area contributed by atoms with E-state index in [0.29, 0.717) is 0 Å². The summed E-state index contributed by atoms with van der Waals surface area (Å²) >= 11 is 0. The molecule has 0 bridgehead atoms. The number of aryl methyl sites for hydroxylation is 1. The molecule has 1 aromatic carbocycles. The second kappa shape index (κ2) is 6.35. The molecule has 0 spiro atoms. The summed E-state index contributed by atoms with van der Waals surface area (Å²) in [5, 5.41) is 10.2. The summed E-state index contributed by atoms with van der Waals surface area (Å²) in [7, 11) is 2.12. The molecular formula is C16H25NO. The summed E-state index contributed by atoms with van der Waals surface area (Å²) < 4.78 is 0. The number of aliphatic hydroxyl groups excluding tert-OH is 1. The Morgan fingerprint density at radius 1 is 1.22 bits per heavy atom. The van der Waals surface area contributed by atoms with Gasteiger partial charge in [0.05, 0.1) is 6.10 Å². The maximum Gasteiger partial charge on any atom is 0.0916 e. The lowest BCUT2D eigenvalue weighted by atomic mass is 10.1. The summed E-state index contributed by atoms with van der Waals surface area (Å²) in [5.74, 6) is 0.847. The molecule has 1 fully saturated rings. The van der Waals surface area contributed by atoms with Crippen molar-refractivity contribution < 1.29 is 5.11 Å². The Kier molecular flexibility index (Phi) is 4.79. The van der Waals surface area contributed by atoms with Gasteiger partial charge in [0.2, 0.25) is 0 Å². The second-order valence-corrected chi connectivity index (χ2v) is 5.80. The number of likely N-dealkylation sites (N-methyl/N-ethyl adjacent to an activating group) is 1. The minimum atomic E-state index is -0.364. The molecule has 1 aliphatic rings. The topological polar surface area (TPSA) is 23.5 Å². The maximum absolute atomic E-state index is 10.2. The molecule has 1 unspecified atom stereocenters. The van der Waals surface area contributed by atoms with Crippen LogP contribution in [0.3, 0.4) is 0 Å². The average Bonchev–Trinajstić information content (AvgIpc) is 2.82. The van der Waals surface area contributed by atoms with Crippen molar-refractivity contribution in [3.8, 4) is 0 Å². The lowest BCUT2D eigenvalue weighted by Gasteiger charge is -2.23. The number of aliphatic hydroxyl groups is 1. The molecule has 100 valence electrons. The van der Waals surface area contributed by atoms with Crippen molar-refractivity contribution in [2.75, 3.05) is 20.1 Å². The maximum atomic E-state index is 10.2. The third-order valence-corrected chi connectivity index (χ3v) is 3.99. The molecule has 0 radical (unpaired) electrons. The molecule has 1 saturated carbocycles. The van der Waals surface area contributed by atoms with Crippen molar-refractivity contribution in [3.63, 3.8) is 0 Å². The van der Waals surface area contributed by atoms with Gasteiger partial charge in [0.25, 0.3) is 0 Å². The lowest BCUT2D eigenvalue weighted by Crippen LogP contribution is -2.29. The smallest absolute Gasteiger partial charge is 0.0916 e. The Balaban J connectivity index is 1.82. The van der Waals surface area contributed by atoms with E-state index in [2.05, 4.69) is 31.0 Å². The molecule has 2 rings (SSSR count). The van der Waals surface area contributed by atoms with E-state index in [1.807, 2.05) is 12.1 Å². The zero-order chi connectivity index (χ0) is 13.0. The van der Waals surface area contributed by atoms with E-state index >= 15 is 0 Å². The van der Waals surface area contributed by atoms with Crippen LogP contribution in [0.4, 0.5) is 0 Å². The van der Waals surface area contributed by atoms with Crippen molar-refractivity contribution >= 4 is 0 Å². The Morgan fingerprint density at radius 2 is 1.83 bits per heavy atom. The summed E-state index contributed by atoms with van der Waals surface area (Å²) in [5.41, 5.74) is 2.27. The van der Waals surface area contributed by atoms with Gasteiger partial charge in [-0.05, 0) is 38.3 Å². The largest absolute Gasteiger partial charge is 0.387 e. The highest BCUT2D eigenvalue weighted by molar-refractivity contribution is 5.23. The van der Waals surface area contributed by atoms with Crippen molar-refractivity contribution in [2.45, 2.75) is 38.7 Å². The van der Waals surface area contributed by atoms with E-state index in [1.165, 1.54) is 31.2 Å². The Morgan fingerprint density at radius 3 is 2.44 bits per heavy atom. The lowest BCUT2D eigenvalue weighted by molar-refractivity contribution is 0.118. The van der Waals surface area contributed by atoms with Gasteiger partial charge in [0, 0.05) is 13.1 Å². The second-order valence-electron chi connectivity index (χ2n) is 5.80. The van der Waals surface area contributed by atoms with E-state index in [-0.39, 0.29) is 6.10 Å². The van der Waals surface area contributed by atoms with Gasteiger partial charge in [-0.2, -0.15) is 0 Å². The van der Waals surface area contributed by atoms with Gasteiger partial charge in [-0.25, -0.2) is 0 Å². The van der Waals surface area contributed by atoms with Crippen LogP contribution in [-0.2, 0) is 0 Å². The van der Waals surface area contributed by atoms with Crippen molar-refractivity contribution in [3.05, 3.63) is 35.4 Å². The molecule has 0 saturated heterocycles. The van der Waals surface area contributed by atoms with Crippen molar-refractivity contribution in [1.29, 1.82) is 0 Å². The molecule has 2 nitrogen and oxygen atoms in total. The molecule has 1 aliphatic carbocycles. The fourth-order valence-electron chi connectivity index (χ4n) is 2.90. The Labute approximate surface area is 111 Å². The highest BCUT2D eigenvalue weighted by Gasteiger charge is 2.18. The molecular weight excluding hydrogens is 222 g/mol. The molecule has 1 atom stereocenters. The average molecular weight is 247 g/mol. The molecule has 0 amide bonds. The van der Waals surface area contributed by atoms with Crippen LogP contribution < -0.4 is 0 Å². The van der Waals surface area contributed by atoms with Crippen LogP contribution in [0.2, 0.25) is 0 Å². The van der Waals surface area contributed by atoms with Crippen LogP contribution in [0, 0.1) is 12.8 Å². The first kappa shape index (κ1) is 13.6. The molecule has 1 N–H and O–H groups in total. The van der Waals surface area contributed by atoms with Gasteiger partial charge >= 0.3 is 0 Å². The first-order valence-electron chi connectivity index (χ1n) is 7.08. The fraction of sp³-hybridized carbons (Fsp3) is 0.625. The third kappa shape index (κ3) is 3.82.